The van der Waals surface area contributed by atoms with E-state index in [-0.39, 0.29) is 12.6 Å². The van der Waals surface area contributed by atoms with Gasteiger partial charge in [0.2, 0.25) is 11.9 Å². The third kappa shape index (κ3) is 4.18. The van der Waals surface area contributed by atoms with Gasteiger partial charge in [-0.15, -0.1) is 0 Å². The van der Waals surface area contributed by atoms with E-state index in [0.717, 1.165) is 12.1 Å². The Morgan fingerprint density at radius 3 is 2.46 bits per heavy atom. The highest BCUT2D eigenvalue weighted by atomic mass is 16.5. The first-order chi connectivity index (χ1) is 12.7. The number of anilines is 3. The normalized spacial score (nSPS) is 10.4. The minimum absolute atomic E-state index is 0.134. The minimum Gasteiger partial charge on any atom is -0.493 e. The second-order valence-electron chi connectivity index (χ2n) is 5.51. The van der Waals surface area contributed by atoms with Gasteiger partial charge in [-0.3, -0.25) is 0 Å². The molecule has 0 amide bonds. The Hall–Kier alpha value is -3.35. The lowest BCUT2D eigenvalue weighted by Crippen LogP contribution is -2.10. The Bertz CT molecular complexity index is 885. The van der Waals surface area contributed by atoms with Gasteiger partial charge in [0.15, 0.2) is 17.3 Å². The number of nitrogens with two attached hydrogens (primary N) is 1. The Labute approximate surface area is 152 Å². The molecule has 1 aromatic heterocycles. The molecule has 0 aliphatic carbocycles. The van der Waals surface area contributed by atoms with Crippen molar-refractivity contribution in [2.75, 3.05) is 18.2 Å². The molecule has 0 bridgehead atoms. The van der Waals surface area contributed by atoms with E-state index in [9.17, 15) is 0 Å². The van der Waals surface area contributed by atoms with E-state index in [2.05, 4.69) is 33.3 Å². The van der Waals surface area contributed by atoms with Crippen LogP contribution in [-0.2, 0) is 13.0 Å². The molecule has 0 aliphatic heterocycles. The molecule has 7 heteroatoms. The zero-order valence-corrected chi connectivity index (χ0v) is 14.8. The summed E-state index contributed by atoms with van der Waals surface area (Å²) < 4.78 is 11.0. The van der Waals surface area contributed by atoms with E-state index in [1.165, 1.54) is 5.56 Å². The van der Waals surface area contributed by atoms with Gasteiger partial charge in [-0.1, -0.05) is 37.3 Å². The summed E-state index contributed by atoms with van der Waals surface area (Å²) in [6.45, 7) is 2.24. The molecule has 134 valence electrons. The van der Waals surface area contributed by atoms with Gasteiger partial charge in [-0.2, -0.15) is 15.0 Å². The van der Waals surface area contributed by atoms with Crippen molar-refractivity contribution in [3.8, 4) is 11.5 Å². The minimum atomic E-state index is 0.134. The first kappa shape index (κ1) is 17.5. The monoisotopic (exact) mass is 351 g/mol. The number of aromatic nitrogens is 3. The van der Waals surface area contributed by atoms with Crippen LogP contribution >= 0.6 is 0 Å². The Morgan fingerprint density at radius 2 is 1.69 bits per heavy atom. The van der Waals surface area contributed by atoms with Gasteiger partial charge in [0.25, 0.3) is 0 Å². The number of nitrogen functional groups attached to an aromatic ring is 1. The molecule has 3 aromatic rings. The molecule has 0 fully saturated rings. The Kier molecular flexibility index (Phi) is 5.48. The molecule has 0 saturated heterocycles. The summed E-state index contributed by atoms with van der Waals surface area (Å²) in [7, 11) is 1.59. The van der Waals surface area contributed by atoms with Crippen molar-refractivity contribution in [3.05, 3.63) is 59.9 Å². The van der Waals surface area contributed by atoms with E-state index in [0.29, 0.717) is 23.3 Å². The zero-order valence-electron chi connectivity index (χ0n) is 14.8. The van der Waals surface area contributed by atoms with Crippen molar-refractivity contribution < 1.29 is 9.47 Å². The molecule has 1 heterocycles. The second kappa shape index (κ2) is 8.15. The lowest BCUT2D eigenvalue weighted by Gasteiger charge is -2.12. The summed E-state index contributed by atoms with van der Waals surface area (Å²) in [5.41, 5.74) is 7.93. The van der Waals surface area contributed by atoms with Crippen molar-refractivity contribution in [2.45, 2.75) is 20.0 Å². The molecule has 0 aliphatic rings. The SMILES string of the molecule is CCc1ccccc1Nc1nc(N)nc(COc2ccccc2OC)n1. The lowest BCUT2D eigenvalue weighted by molar-refractivity contribution is 0.276. The van der Waals surface area contributed by atoms with Crippen molar-refractivity contribution in [2.24, 2.45) is 0 Å². The highest BCUT2D eigenvalue weighted by molar-refractivity contribution is 5.58. The molecule has 0 unspecified atom stereocenters. The molecule has 26 heavy (non-hydrogen) atoms. The van der Waals surface area contributed by atoms with E-state index in [1.807, 2.05) is 42.5 Å². The van der Waals surface area contributed by atoms with Crippen molar-refractivity contribution in [3.63, 3.8) is 0 Å². The number of hydrogen-bond donors (Lipinski definition) is 2. The summed E-state index contributed by atoms with van der Waals surface area (Å²) in [5, 5.41) is 3.20. The van der Waals surface area contributed by atoms with Crippen LogP contribution in [0.25, 0.3) is 0 Å². The third-order valence-electron chi connectivity index (χ3n) is 3.77. The number of hydrogen-bond acceptors (Lipinski definition) is 7. The highest BCUT2D eigenvalue weighted by Crippen LogP contribution is 2.26. The maximum absolute atomic E-state index is 5.83. The van der Waals surface area contributed by atoms with E-state index in [1.54, 1.807) is 7.11 Å². The van der Waals surface area contributed by atoms with Crippen LogP contribution in [0.5, 0.6) is 11.5 Å². The number of methoxy groups -OCH3 is 1. The molecule has 0 saturated carbocycles. The topological polar surface area (TPSA) is 95.2 Å². The molecule has 3 N–H and O–H groups in total. The fourth-order valence-electron chi connectivity index (χ4n) is 2.51. The van der Waals surface area contributed by atoms with Crippen LogP contribution < -0.4 is 20.5 Å². The molecule has 0 radical (unpaired) electrons. The fourth-order valence-corrected chi connectivity index (χ4v) is 2.51. The largest absolute Gasteiger partial charge is 0.493 e. The third-order valence-corrected chi connectivity index (χ3v) is 3.77. The molecular weight excluding hydrogens is 330 g/mol. The van der Waals surface area contributed by atoms with Gasteiger partial charge >= 0.3 is 0 Å². The zero-order chi connectivity index (χ0) is 18.4. The Balaban J connectivity index is 1.77. The summed E-state index contributed by atoms with van der Waals surface area (Å²) in [5.74, 6) is 2.21. The van der Waals surface area contributed by atoms with Crippen molar-refractivity contribution in [1.82, 2.24) is 15.0 Å². The van der Waals surface area contributed by atoms with Gasteiger partial charge in [0.1, 0.15) is 6.61 Å². The maximum atomic E-state index is 5.83. The van der Waals surface area contributed by atoms with Crippen LogP contribution in [0.2, 0.25) is 0 Å². The summed E-state index contributed by atoms with van der Waals surface area (Å²) >= 11 is 0. The van der Waals surface area contributed by atoms with E-state index in [4.69, 9.17) is 15.2 Å². The molecule has 2 aromatic carbocycles. The predicted molar refractivity (Wildman–Crippen MR) is 101 cm³/mol. The van der Waals surface area contributed by atoms with Crippen LogP contribution in [0.15, 0.2) is 48.5 Å². The molecular formula is C19H21N5O2. The summed E-state index contributed by atoms with van der Waals surface area (Å²) in [4.78, 5) is 12.7. The van der Waals surface area contributed by atoms with Crippen LogP contribution in [0.3, 0.4) is 0 Å². The van der Waals surface area contributed by atoms with E-state index >= 15 is 0 Å². The van der Waals surface area contributed by atoms with Crippen LogP contribution in [0.4, 0.5) is 17.6 Å². The maximum Gasteiger partial charge on any atom is 0.232 e. The van der Waals surface area contributed by atoms with Crippen LogP contribution in [0, 0.1) is 0 Å². The lowest BCUT2D eigenvalue weighted by atomic mass is 10.1. The average Bonchev–Trinajstić information content (AvgIpc) is 2.66. The number of nitrogens with one attached hydrogen (secondary N) is 1. The smallest absolute Gasteiger partial charge is 0.232 e. The Morgan fingerprint density at radius 1 is 0.962 bits per heavy atom. The van der Waals surface area contributed by atoms with Crippen molar-refractivity contribution in [1.29, 1.82) is 0 Å². The van der Waals surface area contributed by atoms with Crippen LogP contribution in [0.1, 0.15) is 18.3 Å². The summed E-state index contributed by atoms with van der Waals surface area (Å²) in [6, 6.07) is 15.4. The molecule has 3 rings (SSSR count). The fraction of sp³-hybridized carbons (Fsp3) is 0.211. The molecule has 7 nitrogen and oxygen atoms in total. The van der Waals surface area contributed by atoms with Gasteiger partial charge in [0, 0.05) is 5.69 Å². The number of nitrogens with zero attached hydrogens (tertiary/aromatic N) is 3. The number of aryl methyl sites for hydroxylation is 1. The number of benzene rings is 2. The van der Waals surface area contributed by atoms with E-state index < -0.39 is 0 Å². The predicted octanol–water partition coefficient (Wildman–Crippen LogP) is 3.35. The average molecular weight is 351 g/mol. The quantitative estimate of drug-likeness (QED) is 0.674. The first-order valence-corrected chi connectivity index (χ1v) is 8.30. The van der Waals surface area contributed by atoms with Crippen LogP contribution in [-0.4, -0.2) is 22.1 Å². The second-order valence-corrected chi connectivity index (χ2v) is 5.51. The summed E-state index contributed by atoms with van der Waals surface area (Å²) in [6.07, 6.45) is 0.896. The van der Waals surface area contributed by atoms with Gasteiger partial charge in [-0.05, 0) is 30.2 Å². The first-order valence-electron chi connectivity index (χ1n) is 8.30. The van der Waals surface area contributed by atoms with Gasteiger partial charge < -0.3 is 20.5 Å². The number of para-hydroxylation sites is 3. The molecule has 0 atom stereocenters. The standard InChI is InChI=1S/C19H21N5O2/c1-3-13-8-4-5-9-14(13)21-19-23-17(22-18(20)24-19)12-26-16-11-7-6-10-15(16)25-2/h4-11H,3,12H2,1-2H3,(H3,20,21,22,23,24). The van der Waals surface area contributed by atoms with Gasteiger partial charge in [0.05, 0.1) is 7.11 Å². The number of rotatable bonds is 7. The van der Waals surface area contributed by atoms with Gasteiger partial charge in [-0.25, -0.2) is 0 Å². The van der Waals surface area contributed by atoms with Crippen molar-refractivity contribution >= 4 is 17.6 Å². The number of ether oxygens (including phenoxy) is 2. The molecule has 0 spiro atoms. The highest BCUT2D eigenvalue weighted by Gasteiger charge is 2.09.